The van der Waals surface area contributed by atoms with Crippen LogP contribution in [0, 0.1) is 0 Å². The van der Waals surface area contributed by atoms with Gasteiger partial charge in [0.2, 0.25) is 0 Å². The molecule has 32 heavy (non-hydrogen) atoms. The predicted octanol–water partition coefficient (Wildman–Crippen LogP) is 7.57. The molecule has 0 spiro atoms. The van der Waals surface area contributed by atoms with Crippen molar-refractivity contribution >= 4 is 47.2 Å². The Hall–Kier alpha value is -3.19. The molecular weight excluding hydrogens is 431 g/mol. The smallest absolute Gasteiger partial charge is 0.0810 e. The van der Waals surface area contributed by atoms with Crippen molar-refractivity contribution in [3.05, 3.63) is 132 Å². The van der Waals surface area contributed by atoms with Crippen molar-refractivity contribution in [1.82, 2.24) is 0 Å². The van der Waals surface area contributed by atoms with Crippen LogP contribution in [0.15, 0.2) is 131 Å². The third-order valence-electron chi connectivity index (χ3n) is 5.12. The van der Waals surface area contributed by atoms with Gasteiger partial charge >= 0.3 is 0 Å². The van der Waals surface area contributed by atoms with E-state index in [9.17, 15) is 0 Å². The molecule has 0 aromatic heterocycles. The lowest BCUT2D eigenvalue weighted by Crippen LogP contribution is -2.15. The molecule has 2 nitrogen and oxygen atoms in total. The Morgan fingerprint density at radius 1 is 0.688 bits per heavy atom. The Bertz CT molecular complexity index is 1220. The van der Waals surface area contributed by atoms with Crippen LogP contribution in [0.2, 0.25) is 5.02 Å². The SMILES string of the molecule is CP(=N/C(C=Nc1ccc(Cl)cc1)=C\c1ccccc1)(c1ccccc1)c1ccccc1. The van der Waals surface area contributed by atoms with Crippen LogP contribution in [-0.4, -0.2) is 12.9 Å². The maximum atomic E-state index is 6.03. The third kappa shape index (κ3) is 5.53. The first-order chi connectivity index (χ1) is 15.6. The maximum Gasteiger partial charge on any atom is 0.0810 e. The van der Waals surface area contributed by atoms with Crippen molar-refractivity contribution in [2.24, 2.45) is 9.74 Å². The Labute approximate surface area is 195 Å². The van der Waals surface area contributed by atoms with Gasteiger partial charge in [-0.25, -0.2) is 0 Å². The third-order valence-corrected chi connectivity index (χ3v) is 8.61. The topological polar surface area (TPSA) is 24.7 Å². The standard InChI is InChI=1S/C28H24ClN2P/c1-32(27-13-7-3-8-14-27,28-15-9-4-10-16-28)31-26(21-23-11-5-2-6-12-23)22-30-25-19-17-24(29)18-20-25/h2-22H,1H3/b26-21-,30-22?. The van der Waals surface area contributed by atoms with Crippen molar-refractivity contribution in [2.45, 2.75) is 0 Å². The molecule has 0 unspecified atom stereocenters. The first kappa shape index (κ1) is 22.0. The average molecular weight is 455 g/mol. The van der Waals surface area contributed by atoms with E-state index in [1.807, 2.05) is 60.8 Å². The molecular formula is C28H24ClN2P. The number of allylic oxidation sites excluding steroid dienone is 1. The molecule has 4 aromatic carbocycles. The molecule has 0 aliphatic rings. The van der Waals surface area contributed by atoms with E-state index in [2.05, 4.69) is 78.4 Å². The van der Waals surface area contributed by atoms with E-state index in [0.29, 0.717) is 5.02 Å². The highest BCUT2D eigenvalue weighted by Crippen LogP contribution is 2.44. The highest BCUT2D eigenvalue weighted by molar-refractivity contribution is 7.80. The number of halogens is 1. The minimum atomic E-state index is -2.05. The molecule has 0 fully saturated rings. The molecule has 158 valence electrons. The lowest BCUT2D eigenvalue weighted by Gasteiger charge is -2.21. The second kappa shape index (κ2) is 10.4. The lowest BCUT2D eigenvalue weighted by molar-refractivity contribution is 1.48. The van der Waals surface area contributed by atoms with Crippen molar-refractivity contribution in [1.29, 1.82) is 0 Å². The van der Waals surface area contributed by atoms with Crippen LogP contribution >= 0.6 is 18.7 Å². The van der Waals surface area contributed by atoms with Gasteiger partial charge in [0, 0.05) is 12.1 Å². The van der Waals surface area contributed by atoms with E-state index >= 15 is 0 Å². The molecule has 4 heteroatoms. The molecule has 0 atom stereocenters. The molecule has 0 heterocycles. The molecule has 0 aliphatic carbocycles. The van der Waals surface area contributed by atoms with Crippen molar-refractivity contribution < 1.29 is 0 Å². The van der Waals surface area contributed by atoms with Gasteiger partial charge in [-0.3, -0.25) is 9.74 Å². The zero-order valence-corrected chi connectivity index (χ0v) is 19.5. The van der Waals surface area contributed by atoms with Crippen LogP contribution in [0.1, 0.15) is 5.56 Å². The van der Waals surface area contributed by atoms with Gasteiger partial charge in [-0.2, -0.15) is 0 Å². The van der Waals surface area contributed by atoms with Gasteiger partial charge in [-0.05, 0) is 53.2 Å². The van der Waals surface area contributed by atoms with Crippen LogP contribution in [0.4, 0.5) is 5.69 Å². The molecule has 0 bridgehead atoms. The van der Waals surface area contributed by atoms with Gasteiger partial charge in [0.05, 0.1) is 17.6 Å². The fraction of sp³-hybridized carbons (Fsp3) is 0.0357. The molecule has 0 radical (unpaired) electrons. The molecule has 4 rings (SSSR count). The summed E-state index contributed by atoms with van der Waals surface area (Å²) in [7, 11) is -2.05. The van der Waals surface area contributed by atoms with Gasteiger partial charge in [-0.15, -0.1) is 0 Å². The highest BCUT2D eigenvalue weighted by atomic mass is 35.5. The van der Waals surface area contributed by atoms with Crippen LogP contribution in [0.3, 0.4) is 0 Å². The summed E-state index contributed by atoms with van der Waals surface area (Å²) in [5.41, 5.74) is 2.75. The molecule has 0 saturated carbocycles. The van der Waals surface area contributed by atoms with E-state index in [1.165, 1.54) is 10.6 Å². The van der Waals surface area contributed by atoms with Gasteiger partial charge in [-0.1, -0.05) is 103 Å². The van der Waals surface area contributed by atoms with Crippen molar-refractivity contribution in [3.8, 4) is 0 Å². The number of nitrogens with zero attached hydrogens (tertiary/aromatic N) is 2. The molecule has 0 saturated heterocycles. The molecule has 0 amide bonds. The highest BCUT2D eigenvalue weighted by Gasteiger charge is 2.19. The fourth-order valence-corrected chi connectivity index (χ4v) is 6.14. The summed E-state index contributed by atoms with van der Waals surface area (Å²) in [6.45, 7) is 2.26. The average Bonchev–Trinajstić information content (AvgIpc) is 2.85. The van der Waals surface area contributed by atoms with Crippen LogP contribution < -0.4 is 10.6 Å². The lowest BCUT2D eigenvalue weighted by atomic mass is 10.2. The van der Waals surface area contributed by atoms with E-state index in [-0.39, 0.29) is 0 Å². The Kier molecular flexibility index (Phi) is 7.17. The van der Waals surface area contributed by atoms with Crippen molar-refractivity contribution in [2.75, 3.05) is 6.66 Å². The van der Waals surface area contributed by atoms with Crippen LogP contribution in [0.25, 0.3) is 6.08 Å². The predicted molar refractivity (Wildman–Crippen MR) is 141 cm³/mol. The second-order valence-corrected chi connectivity index (χ2v) is 11.0. The van der Waals surface area contributed by atoms with E-state index in [4.69, 9.17) is 16.3 Å². The van der Waals surface area contributed by atoms with Gasteiger partial charge in [0.15, 0.2) is 0 Å². The summed E-state index contributed by atoms with van der Waals surface area (Å²) < 4.78 is 5.37. The number of hydrogen-bond acceptors (Lipinski definition) is 2. The monoisotopic (exact) mass is 454 g/mol. The van der Waals surface area contributed by atoms with Gasteiger partial charge in [0.1, 0.15) is 0 Å². The minimum absolute atomic E-state index is 0.695. The molecule has 4 aromatic rings. The Morgan fingerprint density at radius 2 is 1.19 bits per heavy atom. The number of hydrogen-bond donors (Lipinski definition) is 0. The summed E-state index contributed by atoms with van der Waals surface area (Å²) in [5.74, 6) is 0. The Morgan fingerprint density at radius 3 is 1.72 bits per heavy atom. The van der Waals surface area contributed by atoms with Crippen LogP contribution in [0.5, 0.6) is 0 Å². The van der Waals surface area contributed by atoms with Crippen molar-refractivity contribution in [3.63, 3.8) is 0 Å². The van der Waals surface area contributed by atoms with Gasteiger partial charge in [0.25, 0.3) is 0 Å². The number of aliphatic imine (C=N–C) groups is 1. The summed E-state index contributed by atoms with van der Waals surface area (Å²) >= 11 is 6.03. The van der Waals surface area contributed by atoms with Crippen LogP contribution in [-0.2, 0) is 0 Å². The molecule has 0 aliphatic heterocycles. The second-order valence-electron chi connectivity index (χ2n) is 7.44. The first-order valence-corrected chi connectivity index (χ1v) is 13.0. The quantitative estimate of drug-likeness (QED) is 0.212. The summed E-state index contributed by atoms with van der Waals surface area (Å²) in [4.78, 5) is 4.69. The minimum Gasteiger partial charge on any atom is -0.257 e. The van der Waals surface area contributed by atoms with E-state index < -0.39 is 7.05 Å². The largest absolute Gasteiger partial charge is 0.257 e. The first-order valence-electron chi connectivity index (χ1n) is 10.4. The maximum absolute atomic E-state index is 6.03. The zero-order valence-electron chi connectivity index (χ0n) is 17.8. The number of rotatable bonds is 6. The normalized spacial score (nSPS) is 12.1. The summed E-state index contributed by atoms with van der Waals surface area (Å²) in [5, 5.41) is 3.15. The fourth-order valence-electron chi connectivity index (χ4n) is 3.41. The number of benzene rings is 4. The van der Waals surface area contributed by atoms with E-state index in [1.54, 1.807) is 0 Å². The molecule has 0 N–H and O–H groups in total. The van der Waals surface area contributed by atoms with E-state index in [0.717, 1.165) is 16.9 Å². The summed E-state index contributed by atoms with van der Waals surface area (Å²) in [6, 6.07) is 38.8. The van der Waals surface area contributed by atoms with Gasteiger partial charge < -0.3 is 0 Å². The zero-order chi connectivity index (χ0) is 22.2. The summed E-state index contributed by atoms with van der Waals surface area (Å²) in [6.07, 6.45) is 3.93. The Balaban J connectivity index is 1.88.